The highest BCUT2D eigenvalue weighted by Crippen LogP contribution is 2.24. The van der Waals surface area contributed by atoms with Gasteiger partial charge in [0.2, 0.25) is 0 Å². The highest BCUT2D eigenvalue weighted by molar-refractivity contribution is 5.94. The molecule has 1 atom stereocenters. The Kier molecular flexibility index (Phi) is 5.52. The molecule has 1 aliphatic heterocycles. The molecule has 0 spiro atoms. The van der Waals surface area contributed by atoms with Crippen molar-refractivity contribution in [3.63, 3.8) is 0 Å². The van der Waals surface area contributed by atoms with E-state index in [1.165, 1.54) is 5.52 Å². The molecule has 1 aliphatic rings. The highest BCUT2D eigenvalue weighted by Gasteiger charge is 2.23. The summed E-state index contributed by atoms with van der Waals surface area (Å²) in [5, 5.41) is 4.56. The highest BCUT2D eigenvalue weighted by atomic mass is 16.2. The van der Waals surface area contributed by atoms with Crippen LogP contribution in [0.1, 0.15) is 46.7 Å². The van der Waals surface area contributed by atoms with E-state index >= 15 is 0 Å². The molecule has 5 rings (SSSR count). The summed E-state index contributed by atoms with van der Waals surface area (Å²) in [6.45, 7) is 5.62. The molecule has 3 aromatic heterocycles. The maximum absolute atomic E-state index is 13.3. The average Bonchev–Trinajstić information content (AvgIpc) is 3.34. The first-order valence-corrected chi connectivity index (χ1v) is 11.4. The van der Waals surface area contributed by atoms with Crippen LogP contribution in [0.25, 0.3) is 11.2 Å². The van der Waals surface area contributed by atoms with Crippen molar-refractivity contribution in [1.82, 2.24) is 24.1 Å². The zero-order valence-corrected chi connectivity index (χ0v) is 18.7. The first kappa shape index (κ1) is 20.5. The number of nitrogens with zero attached hydrogens (tertiary/aromatic N) is 5. The molecule has 4 heterocycles. The third kappa shape index (κ3) is 4.05. The van der Waals surface area contributed by atoms with Crippen molar-refractivity contribution in [2.75, 3.05) is 13.1 Å². The van der Waals surface area contributed by atoms with Crippen LogP contribution in [0.4, 0.5) is 0 Å². The number of hydrogen-bond acceptors (Lipinski definition) is 3. The fourth-order valence-electron chi connectivity index (χ4n) is 4.88. The van der Waals surface area contributed by atoms with E-state index in [9.17, 15) is 4.79 Å². The molecule has 1 unspecified atom stereocenters. The van der Waals surface area contributed by atoms with Gasteiger partial charge >= 0.3 is 0 Å². The largest absolute Gasteiger partial charge is 0.339 e. The fraction of sp³-hybridized carbons (Fsp3) is 0.346. The molecule has 1 aromatic carbocycles. The van der Waals surface area contributed by atoms with Gasteiger partial charge in [0.05, 0.1) is 22.6 Å². The molecule has 0 bridgehead atoms. The molecule has 0 saturated carbocycles. The Labute approximate surface area is 188 Å². The Hall–Kier alpha value is -3.41. The third-order valence-electron chi connectivity index (χ3n) is 6.50. The minimum absolute atomic E-state index is 0.112. The topological polar surface area (TPSA) is 55.4 Å². The number of likely N-dealkylation sites (tertiary alicyclic amines) is 1. The maximum Gasteiger partial charge on any atom is 0.253 e. The van der Waals surface area contributed by atoms with Gasteiger partial charge in [-0.3, -0.25) is 9.78 Å². The molecule has 4 aromatic rings. The summed E-state index contributed by atoms with van der Waals surface area (Å²) >= 11 is 0. The molecule has 1 fully saturated rings. The molecule has 0 N–H and O–H groups in total. The van der Waals surface area contributed by atoms with E-state index in [1.807, 2.05) is 66.2 Å². The summed E-state index contributed by atoms with van der Waals surface area (Å²) in [5.41, 5.74) is 6.04. The van der Waals surface area contributed by atoms with Crippen molar-refractivity contribution >= 4 is 11.4 Å². The van der Waals surface area contributed by atoms with Crippen LogP contribution in [0.15, 0.2) is 61.1 Å². The standard InChI is InChI=1S/C26H29N5O/c1-19-16-20(2)31(28-19)23-8-3-7-22(18-23)26(32)30-13-4-6-21(10-14-30)17-24-25-9-5-12-29(25)15-11-27-24/h3,5,7-9,11-12,15-16,18,21H,4,6,10,13-14,17H2,1-2H3. The normalized spacial score (nSPS) is 16.9. The van der Waals surface area contributed by atoms with E-state index in [4.69, 9.17) is 0 Å². The van der Waals surface area contributed by atoms with Crippen molar-refractivity contribution in [1.29, 1.82) is 0 Å². The van der Waals surface area contributed by atoms with Crippen LogP contribution < -0.4 is 0 Å². The Morgan fingerprint density at radius 1 is 1.06 bits per heavy atom. The van der Waals surface area contributed by atoms with Crippen LogP contribution in [-0.4, -0.2) is 43.1 Å². The first-order valence-electron chi connectivity index (χ1n) is 11.4. The van der Waals surface area contributed by atoms with Crippen molar-refractivity contribution in [2.24, 2.45) is 5.92 Å². The maximum atomic E-state index is 13.3. The van der Waals surface area contributed by atoms with Gasteiger partial charge in [-0.25, -0.2) is 4.68 Å². The SMILES string of the molecule is Cc1cc(C)n(-c2cccc(C(=O)N3CCCC(Cc4nccn5cccc45)CC3)c2)n1. The van der Waals surface area contributed by atoms with Crippen LogP contribution >= 0.6 is 0 Å². The molecular weight excluding hydrogens is 398 g/mol. The zero-order chi connectivity index (χ0) is 22.1. The minimum Gasteiger partial charge on any atom is -0.339 e. The van der Waals surface area contributed by atoms with Crippen LogP contribution in [0, 0.1) is 19.8 Å². The molecule has 32 heavy (non-hydrogen) atoms. The van der Waals surface area contributed by atoms with Crippen LogP contribution in [0.2, 0.25) is 0 Å². The molecule has 0 radical (unpaired) electrons. The van der Waals surface area contributed by atoms with Gasteiger partial charge in [0.25, 0.3) is 5.91 Å². The van der Waals surface area contributed by atoms with Crippen molar-refractivity contribution in [3.05, 3.63) is 83.7 Å². The van der Waals surface area contributed by atoms with Gasteiger partial charge < -0.3 is 9.30 Å². The van der Waals surface area contributed by atoms with Gasteiger partial charge in [0, 0.05) is 42.9 Å². The van der Waals surface area contributed by atoms with Crippen LogP contribution in [-0.2, 0) is 6.42 Å². The van der Waals surface area contributed by atoms with Crippen LogP contribution in [0.5, 0.6) is 0 Å². The fourth-order valence-corrected chi connectivity index (χ4v) is 4.88. The lowest BCUT2D eigenvalue weighted by molar-refractivity contribution is 0.0760. The van der Waals surface area contributed by atoms with E-state index in [0.29, 0.717) is 5.92 Å². The number of carbonyl (C=O) groups is 1. The Morgan fingerprint density at radius 2 is 1.97 bits per heavy atom. The summed E-state index contributed by atoms with van der Waals surface area (Å²) in [5.74, 6) is 0.656. The summed E-state index contributed by atoms with van der Waals surface area (Å²) in [6.07, 6.45) is 10.1. The number of hydrogen-bond donors (Lipinski definition) is 0. The van der Waals surface area contributed by atoms with Crippen molar-refractivity contribution in [2.45, 2.75) is 39.5 Å². The molecule has 164 valence electrons. The van der Waals surface area contributed by atoms with Gasteiger partial charge in [-0.15, -0.1) is 0 Å². The van der Waals surface area contributed by atoms with Crippen LogP contribution in [0.3, 0.4) is 0 Å². The second-order valence-corrected chi connectivity index (χ2v) is 8.86. The molecule has 1 saturated heterocycles. The second-order valence-electron chi connectivity index (χ2n) is 8.86. The lowest BCUT2D eigenvalue weighted by Gasteiger charge is -2.21. The third-order valence-corrected chi connectivity index (χ3v) is 6.50. The number of aromatic nitrogens is 4. The van der Waals surface area contributed by atoms with E-state index in [2.05, 4.69) is 32.8 Å². The summed E-state index contributed by atoms with van der Waals surface area (Å²) in [6, 6.07) is 14.1. The Morgan fingerprint density at radius 3 is 2.81 bits per heavy atom. The molecule has 1 amide bonds. The number of aryl methyl sites for hydroxylation is 2. The lowest BCUT2D eigenvalue weighted by atomic mass is 9.95. The predicted octanol–water partition coefficient (Wildman–Crippen LogP) is 4.62. The molecular formula is C26H29N5O. The van der Waals surface area contributed by atoms with Gasteiger partial charge in [0.1, 0.15) is 0 Å². The molecule has 6 heteroatoms. The van der Waals surface area contributed by atoms with Gasteiger partial charge in [-0.1, -0.05) is 6.07 Å². The van der Waals surface area contributed by atoms with Gasteiger partial charge in [-0.05, 0) is 81.8 Å². The Balaban J connectivity index is 1.28. The number of carbonyl (C=O) groups excluding carboxylic acids is 1. The van der Waals surface area contributed by atoms with E-state index < -0.39 is 0 Å². The monoisotopic (exact) mass is 427 g/mol. The Bertz CT molecular complexity index is 1250. The number of amides is 1. The van der Waals surface area contributed by atoms with Crippen molar-refractivity contribution in [3.8, 4) is 5.69 Å². The van der Waals surface area contributed by atoms with E-state index in [1.54, 1.807) is 0 Å². The number of fused-ring (bicyclic) bond motifs is 1. The van der Waals surface area contributed by atoms with Gasteiger partial charge in [0.15, 0.2) is 0 Å². The minimum atomic E-state index is 0.112. The summed E-state index contributed by atoms with van der Waals surface area (Å²) < 4.78 is 4.03. The predicted molar refractivity (Wildman–Crippen MR) is 125 cm³/mol. The molecule has 0 aliphatic carbocycles. The van der Waals surface area contributed by atoms with E-state index in [0.717, 1.165) is 67.1 Å². The second kappa shape index (κ2) is 8.61. The van der Waals surface area contributed by atoms with Crippen molar-refractivity contribution < 1.29 is 4.79 Å². The smallest absolute Gasteiger partial charge is 0.253 e. The number of rotatable bonds is 4. The first-order chi connectivity index (χ1) is 15.6. The summed E-state index contributed by atoms with van der Waals surface area (Å²) in [4.78, 5) is 20.0. The zero-order valence-electron chi connectivity index (χ0n) is 18.7. The van der Waals surface area contributed by atoms with E-state index in [-0.39, 0.29) is 5.91 Å². The molecule has 6 nitrogen and oxygen atoms in total. The summed E-state index contributed by atoms with van der Waals surface area (Å²) in [7, 11) is 0. The average molecular weight is 428 g/mol. The lowest BCUT2D eigenvalue weighted by Crippen LogP contribution is -2.32. The quantitative estimate of drug-likeness (QED) is 0.477. The number of benzene rings is 1. The van der Waals surface area contributed by atoms with Gasteiger partial charge in [-0.2, -0.15) is 5.10 Å².